The van der Waals surface area contributed by atoms with E-state index < -0.39 is 0 Å². The van der Waals surface area contributed by atoms with Crippen LogP contribution in [0.25, 0.3) is 10.9 Å². The van der Waals surface area contributed by atoms with Crippen LogP contribution >= 0.6 is 0 Å². The Labute approximate surface area is 157 Å². The quantitative estimate of drug-likeness (QED) is 0.726. The van der Waals surface area contributed by atoms with Crippen molar-refractivity contribution in [1.29, 1.82) is 0 Å². The lowest BCUT2D eigenvalue weighted by Gasteiger charge is -2.22. The number of hydrogen-bond donors (Lipinski definition) is 1. The highest BCUT2D eigenvalue weighted by atomic mass is 16.5. The Morgan fingerprint density at radius 1 is 1.07 bits per heavy atom. The zero-order valence-corrected chi connectivity index (χ0v) is 15.3. The molecular formula is C21H21N3O3. The molecule has 0 saturated heterocycles. The van der Waals surface area contributed by atoms with Crippen molar-refractivity contribution in [3.63, 3.8) is 0 Å². The van der Waals surface area contributed by atoms with Crippen molar-refractivity contribution in [2.24, 2.45) is 0 Å². The minimum absolute atomic E-state index is 0.0990. The number of aromatic nitrogens is 1. The second kappa shape index (κ2) is 8.31. The van der Waals surface area contributed by atoms with Crippen molar-refractivity contribution < 1.29 is 14.3 Å². The van der Waals surface area contributed by atoms with Crippen LogP contribution in [0.2, 0.25) is 0 Å². The third kappa shape index (κ3) is 4.41. The van der Waals surface area contributed by atoms with Gasteiger partial charge in [0.2, 0.25) is 11.8 Å². The van der Waals surface area contributed by atoms with E-state index >= 15 is 0 Å². The second-order valence-corrected chi connectivity index (χ2v) is 5.96. The van der Waals surface area contributed by atoms with E-state index in [-0.39, 0.29) is 18.4 Å². The summed E-state index contributed by atoms with van der Waals surface area (Å²) in [4.78, 5) is 30.5. The van der Waals surface area contributed by atoms with Crippen molar-refractivity contribution >= 4 is 34.1 Å². The number of fused-ring (bicyclic) bond motifs is 1. The molecule has 6 heteroatoms. The monoisotopic (exact) mass is 363 g/mol. The van der Waals surface area contributed by atoms with Gasteiger partial charge in [-0.15, -0.1) is 0 Å². The molecule has 2 amide bonds. The summed E-state index contributed by atoms with van der Waals surface area (Å²) in [5, 5.41) is 3.72. The first-order valence-electron chi connectivity index (χ1n) is 8.73. The Morgan fingerprint density at radius 2 is 1.81 bits per heavy atom. The fraction of sp³-hybridized carbons (Fsp3) is 0.190. The van der Waals surface area contributed by atoms with E-state index in [1.807, 2.05) is 31.2 Å². The normalized spacial score (nSPS) is 10.4. The van der Waals surface area contributed by atoms with Crippen molar-refractivity contribution in [3.8, 4) is 5.75 Å². The summed E-state index contributed by atoms with van der Waals surface area (Å²) >= 11 is 0. The van der Waals surface area contributed by atoms with Gasteiger partial charge in [-0.1, -0.05) is 18.2 Å². The maximum atomic E-state index is 12.5. The number of nitrogens with one attached hydrogen (secondary N) is 1. The van der Waals surface area contributed by atoms with Gasteiger partial charge in [0.15, 0.2) is 0 Å². The number of pyridine rings is 1. The summed E-state index contributed by atoms with van der Waals surface area (Å²) in [5.41, 5.74) is 1.94. The first kappa shape index (κ1) is 18.4. The highest BCUT2D eigenvalue weighted by Crippen LogP contribution is 2.25. The molecule has 0 saturated carbocycles. The number of anilines is 2. The number of nitrogens with zero attached hydrogens (tertiary/aromatic N) is 2. The second-order valence-electron chi connectivity index (χ2n) is 5.96. The van der Waals surface area contributed by atoms with Gasteiger partial charge >= 0.3 is 0 Å². The van der Waals surface area contributed by atoms with E-state index in [2.05, 4.69) is 10.3 Å². The zero-order chi connectivity index (χ0) is 19.2. The molecule has 0 aliphatic carbocycles. The number of hydrogen-bond acceptors (Lipinski definition) is 4. The molecule has 27 heavy (non-hydrogen) atoms. The maximum Gasteiger partial charge on any atom is 0.244 e. The van der Waals surface area contributed by atoms with Gasteiger partial charge in [-0.3, -0.25) is 14.6 Å². The number of rotatable bonds is 6. The molecular weight excluding hydrogens is 342 g/mol. The summed E-state index contributed by atoms with van der Waals surface area (Å²) in [7, 11) is 0. The maximum absolute atomic E-state index is 12.5. The Hall–Kier alpha value is -3.41. The Balaban J connectivity index is 1.78. The average molecular weight is 363 g/mol. The molecule has 0 bridgehead atoms. The predicted molar refractivity (Wildman–Crippen MR) is 106 cm³/mol. The van der Waals surface area contributed by atoms with Crippen molar-refractivity contribution in [1.82, 2.24) is 4.98 Å². The molecule has 0 aliphatic rings. The smallest absolute Gasteiger partial charge is 0.244 e. The fourth-order valence-electron chi connectivity index (χ4n) is 2.82. The van der Waals surface area contributed by atoms with Crippen LogP contribution in [-0.2, 0) is 9.59 Å². The van der Waals surface area contributed by atoms with Gasteiger partial charge in [-0.25, -0.2) is 0 Å². The highest BCUT2D eigenvalue weighted by Gasteiger charge is 2.18. The van der Waals surface area contributed by atoms with Crippen LogP contribution in [0.1, 0.15) is 13.8 Å². The molecule has 0 fully saturated rings. The molecule has 0 radical (unpaired) electrons. The summed E-state index contributed by atoms with van der Waals surface area (Å²) in [6.07, 6.45) is 1.67. The number of para-hydroxylation sites is 1. The van der Waals surface area contributed by atoms with Gasteiger partial charge in [0, 0.05) is 24.2 Å². The number of carbonyl (C=O) groups excluding carboxylic acids is 2. The largest absolute Gasteiger partial charge is 0.494 e. The van der Waals surface area contributed by atoms with Gasteiger partial charge < -0.3 is 15.0 Å². The van der Waals surface area contributed by atoms with E-state index in [1.54, 1.807) is 36.5 Å². The van der Waals surface area contributed by atoms with Crippen molar-refractivity contribution in [2.45, 2.75) is 13.8 Å². The number of carbonyl (C=O) groups is 2. The van der Waals surface area contributed by atoms with Crippen LogP contribution in [0.4, 0.5) is 11.4 Å². The first-order chi connectivity index (χ1) is 13.1. The van der Waals surface area contributed by atoms with Crippen LogP contribution in [0.5, 0.6) is 5.75 Å². The minimum atomic E-state index is -0.290. The molecule has 1 N–H and O–H groups in total. The number of benzene rings is 2. The van der Waals surface area contributed by atoms with Gasteiger partial charge in [0.1, 0.15) is 12.3 Å². The van der Waals surface area contributed by atoms with Crippen molar-refractivity contribution in [2.75, 3.05) is 23.4 Å². The average Bonchev–Trinajstić information content (AvgIpc) is 2.67. The van der Waals surface area contributed by atoms with Crippen LogP contribution in [0.3, 0.4) is 0 Å². The lowest BCUT2D eigenvalue weighted by molar-refractivity contribution is -0.120. The minimum Gasteiger partial charge on any atom is -0.494 e. The number of amides is 2. The molecule has 0 aliphatic heterocycles. The SMILES string of the molecule is CCOc1ccc(NC(=O)CN(C(C)=O)c2cccc3cccnc23)cc1. The predicted octanol–water partition coefficient (Wildman–Crippen LogP) is 3.63. The van der Waals surface area contributed by atoms with Crippen LogP contribution in [0.15, 0.2) is 60.8 Å². The van der Waals surface area contributed by atoms with Crippen LogP contribution in [-0.4, -0.2) is 29.9 Å². The Bertz CT molecular complexity index is 949. The lowest BCUT2D eigenvalue weighted by Crippen LogP contribution is -2.36. The Kier molecular flexibility index (Phi) is 5.66. The van der Waals surface area contributed by atoms with E-state index in [0.717, 1.165) is 11.1 Å². The van der Waals surface area contributed by atoms with E-state index in [9.17, 15) is 9.59 Å². The Morgan fingerprint density at radius 3 is 2.52 bits per heavy atom. The van der Waals surface area contributed by atoms with Crippen molar-refractivity contribution in [3.05, 3.63) is 60.8 Å². The standard InChI is InChI=1S/C21H21N3O3/c1-3-27-18-11-9-17(10-12-18)23-20(26)14-24(15(2)25)19-8-4-6-16-7-5-13-22-21(16)19/h4-13H,3,14H2,1-2H3,(H,23,26). The number of ether oxygens (including phenoxy) is 1. The van der Waals surface area contributed by atoms with E-state index in [1.165, 1.54) is 11.8 Å². The van der Waals surface area contributed by atoms with E-state index in [4.69, 9.17) is 4.74 Å². The van der Waals surface area contributed by atoms with Crippen LogP contribution < -0.4 is 15.0 Å². The van der Waals surface area contributed by atoms with Gasteiger partial charge in [-0.05, 0) is 43.3 Å². The highest BCUT2D eigenvalue weighted by molar-refractivity contribution is 6.06. The summed E-state index contributed by atoms with van der Waals surface area (Å²) in [6.45, 7) is 3.83. The molecule has 1 aromatic heterocycles. The molecule has 3 aromatic rings. The summed E-state index contributed by atoms with van der Waals surface area (Å²) in [6, 6.07) is 16.4. The third-order valence-corrected chi connectivity index (χ3v) is 4.03. The molecule has 6 nitrogen and oxygen atoms in total. The fourth-order valence-corrected chi connectivity index (χ4v) is 2.82. The molecule has 0 spiro atoms. The summed E-state index contributed by atoms with van der Waals surface area (Å²) in [5.74, 6) is 0.222. The first-order valence-corrected chi connectivity index (χ1v) is 8.73. The molecule has 0 atom stereocenters. The summed E-state index contributed by atoms with van der Waals surface area (Å²) < 4.78 is 5.39. The molecule has 1 heterocycles. The van der Waals surface area contributed by atoms with Gasteiger partial charge in [0.25, 0.3) is 0 Å². The van der Waals surface area contributed by atoms with Gasteiger partial charge in [-0.2, -0.15) is 0 Å². The topological polar surface area (TPSA) is 71.5 Å². The van der Waals surface area contributed by atoms with Gasteiger partial charge in [0.05, 0.1) is 17.8 Å². The van der Waals surface area contributed by atoms with E-state index in [0.29, 0.717) is 23.5 Å². The lowest BCUT2D eigenvalue weighted by atomic mass is 10.1. The molecule has 3 rings (SSSR count). The zero-order valence-electron chi connectivity index (χ0n) is 15.3. The molecule has 138 valence electrons. The van der Waals surface area contributed by atoms with Crippen LogP contribution in [0, 0.1) is 0 Å². The third-order valence-electron chi connectivity index (χ3n) is 4.03. The molecule has 2 aromatic carbocycles. The molecule has 0 unspecified atom stereocenters.